The normalized spacial score (nSPS) is 16.3. The third-order valence-corrected chi connectivity index (χ3v) is 3.68. The number of fused-ring (bicyclic) bond motifs is 2. The zero-order chi connectivity index (χ0) is 14.9. The highest BCUT2D eigenvalue weighted by molar-refractivity contribution is 5.82. The van der Waals surface area contributed by atoms with Crippen LogP contribution in [0, 0.1) is 0 Å². The van der Waals surface area contributed by atoms with Gasteiger partial charge in [0.1, 0.15) is 11.6 Å². The molecule has 6 heteroatoms. The molecule has 0 saturated carbocycles. The van der Waals surface area contributed by atoms with Crippen LogP contribution in [0.15, 0.2) is 42.6 Å². The summed E-state index contributed by atoms with van der Waals surface area (Å²) in [5.41, 5.74) is 2.57. The van der Waals surface area contributed by atoms with Crippen molar-refractivity contribution in [3.05, 3.63) is 54.0 Å². The number of rotatable bonds is 3. The fraction of sp³-hybridized carbons (Fsp3) is 0.188. The van der Waals surface area contributed by atoms with E-state index in [9.17, 15) is 4.79 Å². The highest BCUT2D eigenvalue weighted by Gasteiger charge is 2.28. The number of pyridine rings is 1. The van der Waals surface area contributed by atoms with Crippen LogP contribution in [-0.2, 0) is 17.8 Å². The van der Waals surface area contributed by atoms with E-state index < -0.39 is 6.10 Å². The molecule has 110 valence electrons. The number of nitrogens with one attached hydrogen (secondary N) is 2. The lowest BCUT2D eigenvalue weighted by molar-refractivity contribution is -0.127. The SMILES string of the molecule is O=C(NCc1nc2ncccc2[nH]1)C1Cc2ccccc2O1. The predicted molar refractivity (Wildman–Crippen MR) is 80.3 cm³/mol. The molecule has 1 aromatic carbocycles. The average molecular weight is 294 g/mol. The monoisotopic (exact) mass is 294 g/mol. The molecule has 3 heterocycles. The van der Waals surface area contributed by atoms with Gasteiger partial charge in [-0.2, -0.15) is 0 Å². The van der Waals surface area contributed by atoms with Gasteiger partial charge in [0.2, 0.25) is 0 Å². The van der Waals surface area contributed by atoms with E-state index in [1.54, 1.807) is 6.20 Å². The largest absolute Gasteiger partial charge is 0.480 e. The molecule has 0 bridgehead atoms. The second-order valence-electron chi connectivity index (χ2n) is 5.19. The number of hydrogen-bond acceptors (Lipinski definition) is 4. The van der Waals surface area contributed by atoms with E-state index in [4.69, 9.17) is 4.74 Å². The third kappa shape index (κ3) is 2.28. The Bertz CT molecular complexity index is 785. The highest BCUT2D eigenvalue weighted by atomic mass is 16.5. The minimum Gasteiger partial charge on any atom is -0.480 e. The van der Waals surface area contributed by atoms with Crippen molar-refractivity contribution in [1.82, 2.24) is 20.3 Å². The Labute approximate surface area is 126 Å². The van der Waals surface area contributed by atoms with Crippen LogP contribution in [0.3, 0.4) is 0 Å². The molecular formula is C16H14N4O2. The lowest BCUT2D eigenvalue weighted by Crippen LogP contribution is -2.37. The molecule has 2 aromatic heterocycles. The smallest absolute Gasteiger partial charge is 0.261 e. The average Bonchev–Trinajstić information content (AvgIpc) is 3.15. The summed E-state index contributed by atoms with van der Waals surface area (Å²) in [7, 11) is 0. The lowest BCUT2D eigenvalue weighted by Gasteiger charge is -2.10. The Kier molecular flexibility index (Phi) is 3.00. The number of carbonyl (C=O) groups is 1. The number of amides is 1. The van der Waals surface area contributed by atoms with E-state index in [-0.39, 0.29) is 5.91 Å². The third-order valence-electron chi connectivity index (χ3n) is 3.68. The minimum absolute atomic E-state index is 0.135. The Hall–Kier alpha value is -2.89. The van der Waals surface area contributed by atoms with Crippen molar-refractivity contribution in [1.29, 1.82) is 0 Å². The Morgan fingerprint density at radius 1 is 1.32 bits per heavy atom. The van der Waals surface area contributed by atoms with Crippen molar-refractivity contribution in [3.63, 3.8) is 0 Å². The second-order valence-corrected chi connectivity index (χ2v) is 5.19. The van der Waals surface area contributed by atoms with Crippen molar-refractivity contribution in [3.8, 4) is 5.75 Å². The van der Waals surface area contributed by atoms with Crippen LogP contribution in [0.2, 0.25) is 0 Å². The molecule has 0 spiro atoms. The first-order valence-corrected chi connectivity index (χ1v) is 7.11. The minimum atomic E-state index is -0.472. The first-order chi connectivity index (χ1) is 10.8. The van der Waals surface area contributed by atoms with Gasteiger partial charge in [-0.1, -0.05) is 18.2 Å². The molecule has 0 fully saturated rings. The zero-order valence-electron chi connectivity index (χ0n) is 11.7. The van der Waals surface area contributed by atoms with Gasteiger partial charge in [-0.15, -0.1) is 0 Å². The summed E-state index contributed by atoms with van der Waals surface area (Å²) in [6.07, 6.45) is 1.82. The summed E-state index contributed by atoms with van der Waals surface area (Å²) in [4.78, 5) is 23.8. The van der Waals surface area contributed by atoms with Crippen LogP contribution in [0.1, 0.15) is 11.4 Å². The second kappa shape index (κ2) is 5.14. The van der Waals surface area contributed by atoms with Crippen LogP contribution >= 0.6 is 0 Å². The van der Waals surface area contributed by atoms with Gasteiger partial charge in [0.05, 0.1) is 12.1 Å². The molecule has 4 rings (SSSR count). The molecule has 1 amide bonds. The van der Waals surface area contributed by atoms with Crippen LogP contribution in [0.25, 0.3) is 11.2 Å². The van der Waals surface area contributed by atoms with Gasteiger partial charge in [-0.25, -0.2) is 9.97 Å². The number of H-pyrrole nitrogens is 1. The van der Waals surface area contributed by atoms with Crippen molar-refractivity contribution in [2.75, 3.05) is 0 Å². The first-order valence-electron chi connectivity index (χ1n) is 7.11. The number of para-hydroxylation sites is 1. The van der Waals surface area contributed by atoms with Gasteiger partial charge in [0.15, 0.2) is 11.8 Å². The standard InChI is InChI=1S/C16H14N4O2/c21-16(13-8-10-4-1-2-6-12(10)22-13)18-9-14-19-11-5-3-7-17-15(11)20-14/h1-7,13H,8-9H2,(H,18,21)(H,17,19,20). The van der Waals surface area contributed by atoms with E-state index in [1.165, 1.54) is 0 Å². The van der Waals surface area contributed by atoms with E-state index in [0.717, 1.165) is 16.8 Å². The van der Waals surface area contributed by atoms with Crippen molar-refractivity contribution >= 4 is 17.1 Å². The Balaban J connectivity index is 1.41. The maximum atomic E-state index is 12.2. The molecule has 2 N–H and O–H groups in total. The number of benzene rings is 1. The van der Waals surface area contributed by atoms with Crippen LogP contribution < -0.4 is 10.1 Å². The summed E-state index contributed by atoms with van der Waals surface area (Å²) in [6, 6.07) is 11.5. The number of imidazole rings is 1. The summed E-state index contributed by atoms with van der Waals surface area (Å²) < 4.78 is 5.66. The summed E-state index contributed by atoms with van der Waals surface area (Å²) in [5.74, 6) is 1.33. The topological polar surface area (TPSA) is 79.9 Å². The number of aromatic amines is 1. The lowest BCUT2D eigenvalue weighted by atomic mass is 10.1. The fourth-order valence-electron chi connectivity index (χ4n) is 2.59. The maximum Gasteiger partial charge on any atom is 0.261 e. The molecule has 1 atom stereocenters. The predicted octanol–water partition coefficient (Wildman–Crippen LogP) is 1.58. The van der Waals surface area contributed by atoms with Crippen molar-refractivity contribution in [2.24, 2.45) is 0 Å². The molecule has 0 aliphatic carbocycles. The number of hydrogen-bond donors (Lipinski definition) is 2. The molecule has 1 aliphatic rings. The molecule has 0 saturated heterocycles. The maximum absolute atomic E-state index is 12.2. The van der Waals surface area contributed by atoms with Gasteiger partial charge in [0.25, 0.3) is 5.91 Å². The van der Waals surface area contributed by atoms with E-state index in [2.05, 4.69) is 20.3 Å². The summed E-state index contributed by atoms with van der Waals surface area (Å²) >= 11 is 0. The van der Waals surface area contributed by atoms with Crippen LogP contribution in [0.5, 0.6) is 5.75 Å². The van der Waals surface area contributed by atoms with E-state index in [0.29, 0.717) is 24.4 Å². The highest BCUT2D eigenvalue weighted by Crippen LogP contribution is 2.28. The Morgan fingerprint density at radius 3 is 3.09 bits per heavy atom. The molecule has 0 radical (unpaired) electrons. The number of nitrogens with zero attached hydrogens (tertiary/aromatic N) is 2. The van der Waals surface area contributed by atoms with Gasteiger partial charge in [-0.3, -0.25) is 4.79 Å². The zero-order valence-corrected chi connectivity index (χ0v) is 11.7. The number of ether oxygens (including phenoxy) is 1. The molecule has 1 aliphatic heterocycles. The molecule has 22 heavy (non-hydrogen) atoms. The van der Waals surface area contributed by atoms with Gasteiger partial charge in [-0.05, 0) is 23.8 Å². The number of aromatic nitrogens is 3. The van der Waals surface area contributed by atoms with E-state index in [1.807, 2.05) is 36.4 Å². The van der Waals surface area contributed by atoms with Gasteiger partial charge < -0.3 is 15.0 Å². The fourth-order valence-corrected chi connectivity index (χ4v) is 2.59. The molecule has 3 aromatic rings. The van der Waals surface area contributed by atoms with Gasteiger partial charge in [0, 0.05) is 12.6 Å². The molecule has 1 unspecified atom stereocenters. The van der Waals surface area contributed by atoms with Crippen LogP contribution in [0.4, 0.5) is 0 Å². The van der Waals surface area contributed by atoms with Crippen molar-refractivity contribution < 1.29 is 9.53 Å². The molecular weight excluding hydrogens is 280 g/mol. The molecule has 6 nitrogen and oxygen atoms in total. The Morgan fingerprint density at radius 2 is 2.23 bits per heavy atom. The van der Waals surface area contributed by atoms with Crippen molar-refractivity contribution in [2.45, 2.75) is 19.1 Å². The van der Waals surface area contributed by atoms with Crippen LogP contribution in [-0.4, -0.2) is 27.0 Å². The van der Waals surface area contributed by atoms with Gasteiger partial charge >= 0.3 is 0 Å². The number of carbonyl (C=O) groups excluding carboxylic acids is 1. The summed E-state index contributed by atoms with van der Waals surface area (Å²) in [6.45, 7) is 0.325. The first kappa shape index (κ1) is 12.8. The van der Waals surface area contributed by atoms with E-state index >= 15 is 0 Å². The quantitative estimate of drug-likeness (QED) is 0.768. The summed E-state index contributed by atoms with van der Waals surface area (Å²) in [5, 5.41) is 2.85.